The van der Waals surface area contributed by atoms with Crippen LogP contribution in [0.15, 0.2) is 0 Å². The molecule has 6 fully saturated rings. The second kappa shape index (κ2) is 24.6. The number of carbonyl (C=O) groups is 6. The van der Waals surface area contributed by atoms with E-state index < -0.39 is 0 Å². The maximum atomic E-state index is 10.4. The van der Waals surface area contributed by atoms with Crippen molar-refractivity contribution in [1.82, 2.24) is 16.0 Å². The first kappa shape index (κ1) is 40.2. The van der Waals surface area contributed by atoms with Gasteiger partial charge in [0, 0.05) is 72.9 Å². The van der Waals surface area contributed by atoms with Gasteiger partial charge in [-0.1, -0.05) is 7.43 Å². The summed E-state index contributed by atoms with van der Waals surface area (Å²) < 4.78 is 1.60. The van der Waals surface area contributed by atoms with Crippen LogP contribution in [0.4, 0.5) is 0 Å². The number of amides is 6. The van der Waals surface area contributed by atoms with Gasteiger partial charge in [-0.25, -0.2) is 14.4 Å². The fourth-order valence-electron chi connectivity index (χ4n) is 4.20. The van der Waals surface area contributed by atoms with Gasteiger partial charge in [-0.2, -0.15) is 0 Å². The Morgan fingerprint density at radius 1 is 0.364 bits per heavy atom. The van der Waals surface area contributed by atoms with Crippen molar-refractivity contribution in [3.8, 4) is 0 Å². The van der Waals surface area contributed by atoms with E-state index in [0.717, 1.165) is 103 Å². The number of nitrogens with zero attached hydrogens (tertiary/aromatic N) is 3. The van der Waals surface area contributed by atoms with Gasteiger partial charge < -0.3 is 16.0 Å². The molecule has 248 valence electrons. The fraction of sp³-hybridized carbons (Fsp3) is 0.793. The van der Waals surface area contributed by atoms with Crippen LogP contribution in [0.1, 0.15) is 110 Å². The smallest absolute Gasteiger partial charge is 0.356 e. The summed E-state index contributed by atoms with van der Waals surface area (Å²) in [6.07, 6.45) is 13.3. The minimum atomic E-state index is -0.264. The Hall–Kier alpha value is -3.78. The predicted octanol–water partition coefficient (Wildman–Crippen LogP) is 2.14. The summed E-state index contributed by atoms with van der Waals surface area (Å²) in [5, 5.41) is 8.17. The van der Waals surface area contributed by atoms with Crippen LogP contribution in [-0.2, 0) is 28.8 Å². The molecular weight excluding hydrogens is 576 g/mol. The summed E-state index contributed by atoms with van der Waals surface area (Å²) in [6, 6.07) is 0. The van der Waals surface area contributed by atoms with Crippen LogP contribution >= 0.6 is 0 Å². The normalized spacial score (nSPS) is 20.9. The zero-order chi connectivity index (χ0) is 31.9. The summed E-state index contributed by atoms with van der Waals surface area (Å²) in [4.78, 5) is 92.7. The Labute approximate surface area is 258 Å². The Balaban J connectivity index is 0.000000503. The predicted molar refractivity (Wildman–Crippen MR) is 160 cm³/mol. The molecular formula is C29H51N6O9+3. The van der Waals surface area contributed by atoms with Crippen molar-refractivity contribution in [2.24, 2.45) is 0 Å². The van der Waals surface area contributed by atoms with Crippen molar-refractivity contribution in [2.75, 3.05) is 39.3 Å². The molecule has 0 atom stereocenters. The molecule has 15 nitrogen and oxygen atoms in total. The minimum absolute atomic E-state index is 0. The molecule has 6 heterocycles. The molecule has 15 heteroatoms. The van der Waals surface area contributed by atoms with E-state index in [-0.39, 0.29) is 42.9 Å². The maximum absolute atomic E-state index is 10.4. The quantitative estimate of drug-likeness (QED) is 0.337. The van der Waals surface area contributed by atoms with E-state index >= 15 is 0 Å². The van der Waals surface area contributed by atoms with E-state index in [0.29, 0.717) is 53.2 Å². The summed E-state index contributed by atoms with van der Waals surface area (Å²) in [6.45, 7) is 3.87. The van der Waals surface area contributed by atoms with Crippen LogP contribution < -0.4 is 16.0 Å². The molecule has 3 N–H and O–H groups in total. The molecule has 6 aliphatic rings. The topological polar surface area (TPSA) is 199 Å². The van der Waals surface area contributed by atoms with Gasteiger partial charge in [-0.15, -0.1) is 0 Å². The van der Waals surface area contributed by atoms with Crippen molar-refractivity contribution in [1.29, 1.82) is 0 Å². The molecule has 6 aliphatic heterocycles. The molecule has 6 saturated heterocycles. The van der Waals surface area contributed by atoms with Gasteiger partial charge in [0.25, 0.3) is 0 Å². The average Bonchev–Trinajstić information content (AvgIpc) is 3.64. The van der Waals surface area contributed by atoms with Gasteiger partial charge in [-0.05, 0) is 44.9 Å². The van der Waals surface area contributed by atoms with Crippen molar-refractivity contribution >= 4 is 35.4 Å². The number of rotatable bonds is 0. The molecule has 0 radical (unpaired) electrons. The molecule has 0 bridgehead atoms. The fourth-order valence-corrected chi connectivity index (χ4v) is 4.20. The van der Waals surface area contributed by atoms with Crippen molar-refractivity contribution in [3.05, 3.63) is 14.7 Å². The number of hydrogen-bond acceptors (Lipinski definition) is 9. The van der Waals surface area contributed by atoms with E-state index in [9.17, 15) is 43.5 Å². The Kier molecular flexibility index (Phi) is 22.5. The van der Waals surface area contributed by atoms with E-state index in [4.69, 9.17) is 0 Å². The molecule has 6 rings (SSSR count). The van der Waals surface area contributed by atoms with Gasteiger partial charge in [-0.3, -0.25) is 14.4 Å². The van der Waals surface area contributed by atoms with E-state index in [1.807, 2.05) is 0 Å². The SMILES string of the molecule is C.O=C1CCCCN1.O=C1CCCCN1.O=C1CCCC[N+]1=O.O=C1CCCC[N+]1=O.O=C1CCCN1.O=C1CCC[N+]1=O. The number of nitrogens with one attached hydrogen (secondary N) is 3. The largest absolute Gasteiger partial charge is 0.433 e. The van der Waals surface area contributed by atoms with E-state index in [1.54, 1.807) is 0 Å². The standard InChI is InChI=1S/2C5H8NO2.2C5H9NO.C4H6NO2.C4H7NO.CH4/c2*7-5-3-1-2-4-6(5)8;2*7-5-3-1-2-4-6-5;6-4-2-1-3-5(4)7;6-4-2-1-3-5-4;/h2*1-4H2;2*1-4H2,(H,6,7);1-3H2;1-3H2,(H,5,6);1H4/q2*+1;;;+1;;. The van der Waals surface area contributed by atoms with Crippen molar-refractivity contribution < 1.29 is 43.0 Å². The minimum Gasteiger partial charge on any atom is -0.356 e. The highest BCUT2D eigenvalue weighted by atomic mass is 16.3. The van der Waals surface area contributed by atoms with Crippen LogP contribution in [0.2, 0.25) is 0 Å². The molecule has 0 unspecified atom stereocenters. The van der Waals surface area contributed by atoms with Crippen molar-refractivity contribution in [3.63, 3.8) is 0 Å². The summed E-state index contributed by atoms with van der Waals surface area (Å²) in [7, 11) is 0. The lowest BCUT2D eigenvalue weighted by Gasteiger charge is -2.08. The van der Waals surface area contributed by atoms with Gasteiger partial charge in [0.1, 0.15) is 0 Å². The number of nitroso groups, excluding NO2 is 3. The van der Waals surface area contributed by atoms with Gasteiger partial charge in [0.2, 0.25) is 37.4 Å². The van der Waals surface area contributed by atoms with Crippen LogP contribution in [0.25, 0.3) is 0 Å². The summed E-state index contributed by atoms with van der Waals surface area (Å²) in [5.41, 5.74) is 0. The second-order valence-electron chi connectivity index (χ2n) is 10.6. The summed E-state index contributed by atoms with van der Waals surface area (Å²) >= 11 is 0. The lowest BCUT2D eigenvalue weighted by Crippen LogP contribution is -2.28. The third-order valence-electron chi connectivity index (χ3n) is 6.80. The molecule has 0 aromatic carbocycles. The molecule has 0 aromatic heterocycles. The third-order valence-corrected chi connectivity index (χ3v) is 6.80. The van der Waals surface area contributed by atoms with Crippen LogP contribution in [0, 0.1) is 14.7 Å². The molecule has 0 spiro atoms. The zero-order valence-electron chi connectivity index (χ0n) is 25.1. The Morgan fingerprint density at radius 2 is 0.659 bits per heavy atom. The Bertz CT molecular complexity index is 891. The Morgan fingerprint density at radius 3 is 0.818 bits per heavy atom. The second-order valence-corrected chi connectivity index (χ2v) is 10.6. The zero-order valence-corrected chi connectivity index (χ0v) is 25.1. The molecule has 0 aliphatic carbocycles. The van der Waals surface area contributed by atoms with E-state index in [1.165, 1.54) is 0 Å². The lowest BCUT2D eigenvalue weighted by molar-refractivity contribution is -0.476. The van der Waals surface area contributed by atoms with Gasteiger partial charge in [0.15, 0.2) is 0 Å². The highest BCUT2D eigenvalue weighted by molar-refractivity contribution is 5.77. The monoisotopic (exact) mass is 627 g/mol. The molecule has 0 aromatic rings. The van der Waals surface area contributed by atoms with Gasteiger partial charge >= 0.3 is 17.7 Å². The highest BCUT2D eigenvalue weighted by Gasteiger charge is 2.28. The first-order chi connectivity index (χ1) is 20.6. The number of carbonyl (C=O) groups excluding carboxylic acids is 6. The number of hydrogen-bond donors (Lipinski definition) is 3. The van der Waals surface area contributed by atoms with Crippen LogP contribution in [-0.4, -0.2) is 89.0 Å². The molecule has 44 heavy (non-hydrogen) atoms. The van der Waals surface area contributed by atoms with Crippen molar-refractivity contribution in [2.45, 2.75) is 110 Å². The molecule has 6 amide bonds. The van der Waals surface area contributed by atoms with E-state index in [2.05, 4.69) is 16.0 Å². The summed E-state index contributed by atoms with van der Waals surface area (Å²) in [5.74, 6) is -0.139. The first-order valence-electron chi connectivity index (χ1n) is 15.3. The van der Waals surface area contributed by atoms with Gasteiger partial charge in [0.05, 0.1) is 33.5 Å². The van der Waals surface area contributed by atoms with Crippen LogP contribution in [0.5, 0.6) is 0 Å². The molecule has 0 saturated carbocycles. The lowest BCUT2D eigenvalue weighted by atomic mass is 10.2. The first-order valence-corrected chi connectivity index (χ1v) is 15.3. The highest BCUT2D eigenvalue weighted by Crippen LogP contribution is 2.05. The van der Waals surface area contributed by atoms with Crippen LogP contribution in [0.3, 0.4) is 0 Å². The third kappa shape index (κ3) is 20.2. The maximum Gasteiger partial charge on any atom is 0.433 e. The number of piperidine rings is 4. The average molecular weight is 628 g/mol.